The second-order valence-corrected chi connectivity index (χ2v) is 4.90. The summed E-state index contributed by atoms with van der Waals surface area (Å²) in [6.07, 6.45) is 6.02. The van der Waals surface area contributed by atoms with Crippen LogP contribution in [0.25, 0.3) is 0 Å². The number of methoxy groups -OCH3 is 1. The first-order chi connectivity index (χ1) is 9.28. The lowest BCUT2D eigenvalue weighted by Gasteiger charge is -2.23. The Kier molecular flexibility index (Phi) is 3.07. The minimum atomic E-state index is 0.0417. The molecule has 4 heteroatoms. The number of hydrogen-bond donors (Lipinski definition) is 1. The standard InChI is InChI=1S/C15H16N2O2/c1-19-13-5-4-10-2-3-11(15(18)14(10)7-13)6-12-8-16-9-17-12/h4-5,7-9,11H,2-3,6H2,1H3,(H,16,17). The molecule has 2 aromatic rings. The molecule has 0 radical (unpaired) electrons. The number of carbonyl (C=O) groups is 1. The van der Waals surface area contributed by atoms with Gasteiger partial charge in [0.2, 0.25) is 0 Å². The molecule has 0 saturated heterocycles. The van der Waals surface area contributed by atoms with Crippen molar-refractivity contribution < 1.29 is 9.53 Å². The predicted molar refractivity (Wildman–Crippen MR) is 71.4 cm³/mol. The number of H-pyrrole nitrogens is 1. The third-order valence-electron chi connectivity index (χ3n) is 3.74. The second kappa shape index (κ2) is 4.88. The zero-order valence-electron chi connectivity index (χ0n) is 10.8. The quantitative estimate of drug-likeness (QED) is 0.917. The summed E-state index contributed by atoms with van der Waals surface area (Å²) in [6.45, 7) is 0. The molecule has 0 amide bonds. The number of fused-ring (bicyclic) bond motifs is 1. The normalized spacial score (nSPS) is 18.2. The van der Waals surface area contributed by atoms with Crippen LogP contribution in [0.15, 0.2) is 30.7 Å². The molecule has 0 spiro atoms. The molecule has 1 aliphatic rings. The smallest absolute Gasteiger partial charge is 0.166 e. The Balaban J connectivity index is 1.86. The van der Waals surface area contributed by atoms with Crippen LogP contribution in [-0.4, -0.2) is 22.9 Å². The van der Waals surface area contributed by atoms with Gasteiger partial charge in [0, 0.05) is 23.4 Å². The molecule has 19 heavy (non-hydrogen) atoms. The molecule has 1 atom stereocenters. The van der Waals surface area contributed by atoms with Crippen molar-refractivity contribution in [2.45, 2.75) is 19.3 Å². The number of carbonyl (C=O) groups excluding carboxylic acids is 1. The number of nitrogens with zero attached hydrogens (tertiary/aromatic N) is 1. The number of aromatic nitrogens is 2. The highest BCUT2D eigenvalue weighted by atomic mass is 16.5. The topological polar surface area (TPSA) is 55.0 Å². The molecule has 0 saturated carbocycles. The van der Waals surface area contributed by atoms with Crippen LogP contribution >= 0.6 is 0 Å². The van der Waals surface area contributed by atoms with Crippen LogP contribution in [0.1, 0.15) is 28.0 Å². The lowest BCUT2D eigenvalue weighted by atomic mass is 9.80. The van der Waals surface area contributed by atoms with E-state index in [0.29, 0.717) is 0 Å². The number of nitrogens with one attached hydrogen (secondary N) is 1. The van der Waals surface area contributed by atoms with Crippen molar-refractivity contribution >= 4 is 5.78 Å². The Morgan fingerprint density at radius 3 is 3.11 bits per heavy atom. The Bertz CT molecular complexity index is 590. The molecule has 1 aromatic carbocycles. The number of ketones is 1. The van der Waals surface area contributed by atoms with Crippen molar-refractivity contribution in [3.05, 3.63) is 47.5 Å². The minimum absolute atomic E-state index is 0.0417. The highest BCUT2D eigenvalue weighted by Gasteiger charge is 2.28. The molecule has 4 nitrogen and oxygen atoms in total. The van der Waals surface area contributed by atoms with Crippen LogP contribution in [0.2, 0.25) is 0 Å². The number of rotatable bonds is 3. The summed E-state index contributed by atoms with van der Waals surface area (Å²) in [5.74, 6) is 1.00. The van der Waals surface area contributed by atoms with Gasteiger partial charge >= 0.3 is 0 Å². The van der Waals surface area contributed by atoms with E-state index < -0.39 is 0 Å². The number of Topliss-reactive ketones (excluding diaryl/α,β-unsaturated/α-hetero) is 1. The maximum atomic E-state index is 12.5. The van der Waals surface area contributed by atoms with Gasteiger partial charge in [0.15, 0.2) is 5.78 Å². The van der Waals surface area contributed by atoms with E-state index in [9.17, 15) is 4.79 Å². The molecule has 1 heterocycles. The number of hydrogen-bond acceptors (Lipinski definition) is 3. The largest absolute Gasteiger partial charge is 0.497 e. The fourth-order valence-corrected chi connectivity index (χ4v) is 2.67. The maximum Gasteiger partial charge on any atom is 0.166 e. The number of aryl methyl sites for hydroxylation is 1. The van der Waals surface area contributed by atoms with E-state index in [1.54, 1.807) is 19.6 Å². The molecule has 1 N–H and O–H groups in total. The fourth-order valence-electron chi connectivity index (χ4n) is 2.67. The number of ether oxygens (including phenoxy) is 1. The summed E-state index contributed by atoms with van der Waals surface area (Å²) in [5, 5.41) is 0. The summed E-state index contributed by atoms with van der Waals surface area (Å²) in [6, 6.07) is 5.77. The van der Waals surface area contributed by atoms with Crippen molar-refractivity contribution in [1.82, 2.24) is 9.97 Å². The van der Waals surface area contributed by atoms with Crippen LogP contribution in [-0.2, 0) is 12.8 Å². The molecule has 1 aromatic heterocycles. The van der Waals surface area contributed by atoms with Crippen molar-refractivity contribution in [3.8, 4) is 5.75 Å². The van der Waals surface area contributed by atoms with Gasteiger partial charge in [-0.05, 0) is 37.0 Å². The van der Waals surface area contributed by atoms with E-state index >= 15 is 0 Å². The highest BCUT2D eigenvalue weighted by Crippen LogP contribution is 2.30. The van der Waals surface area contributed by atoms with E-state index in [1.165, 1.54) is 0 Å². The van der Waals surface area contributed by atoms with Gasteiger partial charge in [0.25, 0.3) is 0 Å². The first-order valence-electron chi connectivity index (χ1n) is 6.46. The maximum absolute atomic E-state index is 12.5. The minimum Gasteiger partial charge on any atom is -0.497 e. The van der Waals surface area contributed by atoms with Crippen molar-refractivity contribution in [3.63, 3.8) is 0 Å². The Hall–Kier alpha value is -2.10. The molecule has 0 fully saturated rings. The van der Waals surface area contributed by atoms with Crippen molar-refractivity contribution in [1.29, 1.82) is 0 Å². The van der Waals surface area contributed by atoms with Crippen LogP contribution in [0.5, 0.6) is 5.75 Å². The van der Waals surface area contributed by atoms with E-state index in [4.69, 9.17) is 4.74 Å². The summed E-state index contributed by atoms with van der Waals surface area (Å²) >= 11 is 0. The number of aromatic amines is 1. The summed E-state index contributed by atoms with van der Waals surface area (Å²) in [4.78, 5) is 19.6. The Labute approximate surface area is 111 Å². The van der Waals surface area contributed by atoms with E-state index in [2.05, 4.69) is 9.97 Å². The molecule has 0 aliphatic heterocycles. The molecule has 98 valence electrons. The average Bonchev–Trinajstić information content (AvgIpc) is 2.95. The van der Waals surface area contributed by atoms with Gasteiger partial charge in [-0.1, -0.05) is 6.07 Å². The van der Waals surface area contributed by atoms with Crippen molar-refractivity contribution in [2.75, 3.05) is 7.11 Å². The summed E-state index contributed by atoms with van der Waals surface area (Å²) in [7, 11) is 1.62. The molecular weight excluding hydrogens is 240 g/mol. The van der Waals surface area contributed by atoms with Crippen molar-refractivity contribution in [2.24, 2.45) is 5.92 Å². The van der Waals surface area contributed by atoms with Gasteiger partial charge < -0.3 is 9.72 Å². The number of imidazole rings is 1. The zero-order chi connectivity index (χ0) is 13.2. The van der Waals surface area contributed by atoms with E-state index in [1.807, 2.05) is 18.2 Å². The van der Waals surface area contributed by atoms with Gasteiger partial charge in [-0.3, -0.25) is 4.79 Å². The first-order valence-corrected chi connectivity index (χ1v) is 6.46. The highest BCUT2D eigenvalue weighted by molar-refractivity contribution is 6.00. The third kappa shape index (κ3) is 2.26. The fraction of sp³-hybridized carbons (Fsp3) is 0.333. The lowest BCUT2D eigenvalue weighted by Crippen LogP contribution is -2.24. The molecular formula is C15H16N2O2. The lowest BCUT2D eigenvalue weighted by molar-refractivity contribution is 0.0900. The van der Waals surface area contributed by atoms with Crippen LogP contribution in [0.3, 0.4) is 0 Å². The van der Waals surface area contributed by atoms with Crippen LogP contribution < -0.4 is 4.74 Å². The van der Waals surface area contributed by atoms with Crippen LogP contribution in [0, 0.1) is 5.92 Å². The average molecular weight is 256 g/mol. The van der Waals surface area contributed by atoms with Gasteiger partial charge in [-0.2, -0.15) is 0 Å². The monoisotopic (exact) mass is 256 g/mol. The molecule has 0 bridgehead atoms. The zero-order valence-corrected chi connectivity index (χ0v) is 10.8. The predicted octanol–water partition coefficient (Wildman–Crippen LogP) is 2.41. The van der Waals surface area contributed by atoms with Crippen LogP contribution in [0.4, 0.5) is 0 Å². The van der Waals surface area contributed by atoms with Gasteiger partial charge in [-0.15, -0.1) is 0 Å². The Morgan fingerprint density at radius 2 is 2.37 bits per heavy atom. The summed E-state index contributed by atoms with van der Waals surface area (Å²) in [5.41, 5.74) is 2.96. The number of benzene rings is 1. The van der Waals surface area contributed by atoms with Gasteiger partial charge in [-0.25, -0.2) is 4.98 Å². The molecule has 1 unspecified atom stereocenters. The third-order valence-corrected chi connectivity index (χ3v) is 3.74. The first kappa shape index (κ1) is 12.0. The van der Waals surface area contributed by atoms with Gasteiger partial charge in [0.1, 0.15) is 5.75 Å². The molecule has 3 rings (SSSR count). The Morgan fingerprint density at radius 1 is 1.47 bits per heavy atom. The van der Waals surface area contributed by atoms with Gasteiger partial charge in [0.05, 0.1) is 13.4 Å². The second-order valence-electron chi connectivity index (χ2n) is 4.90. The molecule has 1 aliphatic carbocycles. The summed E-state index contributed by atoms with van der Waals surface area (Å²) < 4.78 is 5.20. The SMILES string of the molecule is COc1ccc2c(c1)C(=O)C(Cc1cnc[nH]1)CC2. The van der Waals surface area contributed by atoms with E-state index in [-0.39, 0.29) is 11.7 Å². The van der Waals surface area contributed by atoms with E-state index in [0.717, 1.165) is 41.8 Å².